The van der Waals surface area contributed by atoms with Crippen LogP contribution in [0.5, 0.6) is 11.5 Å². The molecule has 0 aromatic heterocycles. The van der Waals surface area contributed by atoms with E-state index in [1.54, 1.807) is 12.1 Å². The first kappa shape index (κ1) is 11.8. The van der Waals surface area contributed by atoms with E-state index in [1.165, 1.54) is 14.2 Å². The molecule has 0 fully saturated rings. The molecule has 0 aliphatic rings. The van der Waals surface area contributed by atoms with E-state index in [0.29, 0.717) is 11.3 Å². The molecule has 1 aromatic rings. The maximum Gasteiger partial charge on any atom is 0.496 e. The van der Waals surface area contributed by atoms with Gasteiger partial charge in [0, 0.05) is 5.56 Å². The fraction of sp³-hybridized carbons (Fsp3) is 0.333. The SMILES string of the molecule is COc1ccc(CO)c(OC)c1B(O)O. The second-order valence-electron chi connectivity index (χ2n) is 2.91. The van der Waals surface area contributed by atoms with E-state index >= 15 is 0 Å². The van der Waals surface area contributed by atoms with E-state index in [4.69, 9.17) is 14.6 Å². The second-order valence-corrected chi connectivity index (χ2v) is 2.91. The van der Waals surface area contributed by atoms with Gasteiger partial charge in [0.2, 0.25) is 0 Å². The molecule has 0 unspecified atom stereocenters. The Bertz CT molecular complexity index is 340. The highest BCUT2D eigenvalue weighted by Crippen LogP contribution is 2.22. The van der Waals surface area contributed by atoms with Crippen molar-refractivity contribution in [2.45, 2.75) is 6.61 Å². The molecule has 0 heterocycles. The molecule has 82 valence electrons. The summed E-state index contributed by atoms with van der Waals surface area (Å²) >= 11 is 0. The lowest BCUT2D eigenvalue weighted by molar-refractivity contribution is 0.273. The van der Waals surface area contributed by atoms with Crippen LogP contribution in [-0.4, -0.2) is 36.5 Å². The minimum absolute atomic E-state index is 0.117. The summed E-state index contributed by atoms with van der Waals surface area (Å²) in [5, 5.41) is 27.4. The predicted octanol–water partition coefficient (Wildman–Crippen LogP) is -1.12. The van der Waals surface area contributed by atoms with Crippen LogP contribution < -0.4 is 14.9 Å². The van der Waals surface area contributed by atoms with Crippen molar-refractivity contribution in [3.63, 3.8) is 0 Å². The van der Waals surface area contributed by atoms with Crippen LogP contribution in [0.25, 0.3) is 0 Å². The summed E-state index contributed by atoms with van der Waals surface area (Å²) in [7, 11) is 1.10. The third-order valence-electron chi connectivity index (χ3n) is 2.09. The van der Waals surface area contributed by atoms with Gasteiger partial charge in [-0.05, 0) is 12.1 Å². The standard InChI is InChI=1S/C9H13BO5/c1-14-7-4-3-6(5-11)9(15-2)8(7)10(12)13/h3-4,11-13H,5H2,1-2H3. The molecule has 0 radical (unpaired) electrons. The zero-order chi connectivity index (χ0) is 11.4. The van der Waals surface area contributed by atoms with E-state index in [2.05, 4.69) is 0 Å². The molecular formula is C9H13BO5. The zero-order valence-electron chi connectivity index (χ0n) is 8.60. The van der Waals surface area contributed by atoms with Gasteiger partial charge in [0.25, 0.3) is 0 Å². The Morgan fingerprint density at radius 2 is 1.87 bits per heavy atom. The van der Waals surface area contributed by atoms with Gasteiger partial charge in [-0.1, -0.05) is 0 Å². The van der Waals surface area contributed by atoms with Crippen molar-refractivity contribution in [2.75, 3.05) is 14.2 Å². The molecular weight excluding hydrogens is 199 g/mol. The summed E-state index contributed by atoms with van der Waals surface area (Å²) in [5.74, 6) is 0.533. The maximum atomic E-state index is 9.18. The first-order valence-corrected chi connectivity index (χ1v) is 4.36. The molecule has 5 nitrogen and oxygen atoms in total. The summed E-state index contributed by atoms with van der Waals surface area (Å²) in [4.78, 5) is 0. The first-order chi connectivity index (χ1) is 7.15. The van der Waals surface area contributed by atoms with Crippen LogP contribution in [0, 0.1) is 0 Å². The largest absolute Gasteiger partial charge is 0.497 e. The fourth-order valence-corrected chi connectivity index (χ4v) is 1.41. The first-order valence-electron chi connectivity index (χ1n) is 4.36. The molecule has 0 saturated carbocycles. The van der Waals surface area contributed by atoms with Crippen LogP contribution >= 0.6 is 0 Å². The third-order valence-corrected chi connectivity index (χ3v) is 2.09. The van der Waals surface area contributed by atoms with Crippen molar-refractivity contribution in [2.24, 2.45) is 0 Å². The van der Waals surface area contributed by atoms with Gasteiger partial charge in [0.05, 0.1) is 26.3 Å². The van der Waals surface area contributed by atoms with Crippen molar-refractivity contribution in [3.8, 4) is 11.5 Å². The summed E-state index contributed by atoms with van der Waals surface area (Å²) in [6, 6.07) is 3.15. The van der Waals surface area contributed by atoms with E-state index in [9.17, 15) is 10.0 Å². The van der Waals surface area contributed by atoms with Gasteiger partial charge < -0.3 is 24.6 Å². The predicted molar refractivity (Wildman–Crippen MR) is 55.3 cm³/mol. The molecule has 1 rings (SSSR count). The molecule has 0 bridgehead atoms. The summed E-state index contributed by atoms with van der Waals surface area (Å²) in [5.41, 5.74) is 0.591. The molecule has 0 saturated heterocycles. The number of aliphatic hydroxyl groups excluding tert-OH is 1. The Hall–Kier alpha value is -1.24. The van der Waals surface area contributed by atoms with Gasteiger partial charge in [-0.3, -0.25) is 0 Å². The summed E-state index contributed by atoms with van der Waals surface area (Å²) in [6.45, 7) is -0.243. The van der Waals surface area contributed by atoms with Crippen molar-refractivity contribution < 1.29 is 24.6 Å². The van der Waals surface area contributed by atoms with Gasteiger partial charge >= 0.3 is 7.12 Å². The highest BCUT2D eigenvalue weighted by molar-refractivity contribution is 6.61. The Morgan fingerprint density at radius 1 is 1.20 bits per heavy atom. The molecule has 0 spiro atoms. The zero-order valence-corrected chi connectivity index (χ0v) is 8.60. The van der Waals surface area contributed by atoms with Crippen molar-refractivity contribution in [1.29, 1.82) is 0 Å². The summed E-state index contributed by atoms with van der Waals surface area (Å²) < 4.78 is 9.98. The molecule has 0 amide bonds. The normalized spacial score (nSPS) is 9.93. The Morgan fingerprint density at radius 3 is 2.27 bits per heavy atom. The number of benzene rings is 1. The molecule has 6 heteroatoms. The lowest BCUT2D eigenvalue weighted by atomic mass is 9.77. The van der Waals surface area contributed by atoms with Crippen LogP contribution in [0.4, 0.5) is 0 Å². The van der Waals surface area contributed by atoms with Gasteiger partial charge in [0.1, 0.15) is 11.5 Å². The van der Waals surface area contributed by atoms with Crippen LogP contribution in [0.3, 0.4) is 0 Å². The van der Waals surface area contributed by atoms with Crippen LogP contribution in [0.1, 0.15) is 5.56 Å². The van der Waals surface area contributed by atoms with Crippen LogP contribution in [-0.2, 0) is 6.61 Å². The minimum Gasteiger partial charge on any atom is -0.497 e. The molecule has 0 atom stereocenters. The van der Waals surface area contributed by atoms with Crippen molar-refractivity contribution in [3.05, 3.63) is 17.7 Å². The third kappa shape index (κ3) is 2.23. The Balaban J connectivity index is 3.37. The lowest BCUT2D eigenvalue weighted by Crippen LogP contribution is -2.33. The van der Waals surface area contributed by atoms with Crippen LogP contribution in [0.2, 0.25) is 0 Å². The number of aliphatic hydroxyl groups is 1. The van der Waals surface area contributed by atoms with Crippen LogP contribution in [0.15, 0.2) is 12.1 Å². The van der Waals surface area contributed by atoms with E-state index in [-0.39, 0.29) is 17.8 Å². The average Bonchev–Trinajstić information content (AvgIpc) is 2.26. The van der Waals surface area contributed by atoms with Gasteiger partial charge in [0.15, 0.2) is 0 Å². The summed E-state index contributed by atoms with van der Waals surface area (Å²) in [6.07, 6.45) is 0. The molecule has 0 aliphatic heterocycles. The van der Waals surface area contributed by atoms with Crippen molar-refractivity contribution in [1.82, 2.24) is 0 Å². The topological polar surface area (TPSA) is 79.2 Å². The molecule has 15 heavy (non-hydrogen) atoms. The van der Waals surface area contributed by atoms with Crippen molar-refractivity contribution >= 4 is 12.6 Å². The molecule has 1 aromatic carbocycles. The van der Waals surface area contributed by atoms with E-state index < -0.39 is 7.12 Å². The smallest absolute Gasteiger partial charge is 0.496 e. The Labute approximate surface area is 88.0 Å². The van der Waals surface area contributed by atoms with E-state index in [0.717, 1.165) is 0 Å². The fourth-order valence-electron chi connectivity index (χ4n) is 1.41. The lowest BCUT2D eigenvalue weighted by Gasteiger charge is -2.15. The molecule has 0 aliphatic carbocycles. The average molecular weight is 212 g/mol. The van der Waals surface area contributed by atoms with Gasteiger partial charge in [-0.15, -0.1) is 0 Å². The van der Waals surface area contributed by atoms with Gasteiger partial charge in [-0.25, -0.2) is 0 Å². The number of methoxy groups -OCH3 is 2. The highest BCUT2D eigenvalue weighted by Gasteiger charge is 2.24. The maximum absolute atomic E-state index is 9.18. The molecule has 3 N–H and O–H groups in total. The quantitative estimate of drug-likeness (QED) is 0.550. The number of rotatable bonds is 4. The van der Waals surface area contributed by atoms with E-state index in [1.807, 2.05) is 0 Å². The Kier molecular flexibility index (Phi) is 3.96. The number of ether oxygens (including phenoxy) is 2. The monoisotopic (exact) mass is 212 g/mol. The second kappa shape index (κ2) is 5.02. The highest BCUT2D eigenvalue weighted by atomic mass is 16.5. The van der Waals surface area contributed by atoms with Gasteiger partial charge in [-0.2, -0.15) is 0 Å². The number of hydrogen-bond acceptors (Lipinski definition) is 5. The minimum atomic E-state index is -1.71. The number of hydrogen-bond donors (Lipinski definition) is 3.